The molecular weight excluding hydrogens is 284 g/mol. The van der Waals surface area contributed by atoms with Crippen molar-refractivity contribution in [2.24, 2.45) is 0 Å². The van der Waals surface area contributed by atoms with Gasteiger partial charge in [0.05, 0.1) is 17.8 Å². The molecule has 0 aliphatic rings. The molecule has 9 heteroatoms. The lowest BCUT2D eigenvalue weighted by Gasteiger charge is -2.09. The highest BCUT2D eigenvalue weighted by molar-refractivity contribution is 7.85. The van der Waals surface area contributed by atoms with Crippen molar-refractivity contribution < 1.29 is 26.3 Å². The zero-order valence-electron chi connectivity index (χ0n) is 10.1. The normalized spacial score (nSPS) is 11.8. The Hall–Kier alpha value is -1.61. The van der Waals surface area contributed by atoms with Gasteiger partial charge in [0.25, 0.3) is 22.2 Å². The first kappa shape index (κ1) is 15.4. The van der Waals surface area contributed by atoms with Crippen LogP contribution in [0.2, 0.25) is 0 Å². The monoisotopic (exact) mass is 295 g/mol. The van der Waals surface area contributed by atoms with Gasteiger partial charge in [0.1, 0.15) is 0 Å². The number of alkyl halides is 2. The van der Waals surface area contributed by atoms with Crippen LogP contribution in [0.15, 0.2) is 12.1 Å². The van der Waals surface area contributed by atoms with E-state index in [0.717, 1.165) is 18.4 Å². The van der Waals surface area contributed by atoms with Crippen LogP contribution in [0, 0.1) is 17.0 Å². The van der Waals surface area contributed by atoms with E-state index in [2.05, 4.69) is 4.18 Å². The van der Waals surface area contributed by atoms with Crippen LogP contribution in [0.25, 0.3) is 0 Å². The topological polar surface area (TPSA) is 86.5 Å². The third-order valence-electron chi connectivity index (χ3n) is 2.39. The van der Waals surface area contributed by atoms with Crippen LogP contribution in [0.1, 0.15) is 23.1 Å². The number of benzene rings is 1. The number of halogens is 2. The van der Waals surface area contributed by atoms with Gasteiger partial charge >= 0.3 is 0 Å². The molecule has 0 heterocycles. The van der Waals surface area contributed by atoms with E-state index in [1.165, 1.54) is 6.92 Å². The lowest BCUT2D eigenvalue weighted by Crippen LogP contribution is -2.06. The van der Waals surface area contributed by atoms with Gasteiger partial charge in [0, 0.05) is 17.2 Å². The van der Waals surface area contributed by atoms with Gasteiger partial charge in [-0.1, -0.05) is 0 Å². The minimum absolute atomic E-state index is 0.0370. The summed E-state index contributed by atoms with van der Waals surface area (Å²) in [5, 5.41) is 10.8. The fourth-order valence-electron chi connectivity index (χ4n) is 1.42. The molecule has 0 N–H and O–H groups in total. The maximum absolute atomic E-state index is 12.6. The van der Waals surface area contributed by atoms with Gasteiger partial charge < -0.3 is 0 Å². The lowest BCUT2D eigenvalue weighted by molar-refractivity contribution is -0.385. The molecule has 0 saturated heterocycles. The smallest absolute Gasteiger partial charge is 0.265 e. The quantitative estimate of drug-likeness (QED) is 0.472. The number of rotatable bonds is 5. The minimum atomic E-state index is -3.76. The summed E-state index contributed by atoms with van der Waals surface area (Å²) >= 11 is 0. The number of hydrogen-bond acceptors (Lipinski definition) is 5. The molecule has 0 unspecified atom stereocenters. The third kappa shape index (κ3) is 4.21. The van der Waals surface area contributed by atoms with Crippen LogP contribution < -0.4 is 0 Å². The lowest BCUT2D eigenvalue weighted by atomic mass is 10.0. The molecule has 0 fully saturated rings. The van der Waals surface area contributed by atoms with Crippen molar-refractivity contribution in [3.63, 3.8) is 0 Å². The Morgan fingerprint density at radius 1 is 1.42 bits per heavy atom. The van der Waals surface area contributed by atoms with E-state index in [9.17, 15) is 27.3 Å². The molecule has 0 spiro atoms. The average Bonchev–Trinajstić information content (AvgIpc) is 2.25. The second kappa shape index (κ2) is 5.57. The average molecular weight is 295 g/mol. The van der Waals surface area contributed by atoms with Crippen LogP contribution in [0.3, 0.4) is 0 Å². The fourth-order valence-corrected chi connectivity index (χ4v) is 1.76. The minimum Gasteiger partial charge on any atom is -0.265 e. The van der Waals surface area contributed by atoms with Gasteiger partial charge in [0.2, 0.25) is 0 Å². The van der Waals surface area contributed by atoms with Crippen molar-refractivity contribution in [2.75, 3.05) is 6.26 Å². The number of nitrogens with zero attached hydrogens (tertiary/aromatic N) is 1. The highest BCUT2D eigenvalue weighted by Gasteiger charge is 2.20. The summed E-state index contributed by atoms with van der Waals surface area (Å²) in [6.45, 7) is 0.820. The SMILES string of the molecule is Cc1c(COS(C)(=O)=O)cc(C(F)F)cc1[N+](=O)[O-]. The molecule has 0 aromatic heterocycles. The molecule has 0 aliphatic heterocycles. The molecule has 0 atom stereocenters. The predicted octanol–water partition coefficient (Wildman–Crippen LogP) is 2.32. The van der Waals surface area contributed by atoms with Crippen molar-refractivity contribution in [3.8, 4) is 0 Å². The van der Waals surface area contributed by atoms with Gasteiger partial charge in [-0.25, -0.2) is 8.78 Å². The third-order valence-corrected chi connectivity index (χ3v) is 2.93. The van der Waals surface area contributed by atoms with Gasteiger partial charge in [-0.05, 0) is 18.6 Å². The molecule has 0 amide bonds. The molecule has 0 saturated carbocycles. The van der Waals surface area contributed by atoms with Crippen molar-refractivity contribution in [1.82, 2.24) is 0 Å². The van der Waals surface area contributed by atoms with E-state index >= 15 is 0 Å². The Kier molecular flexibility index (Phi) is 4.53. The summed E-state index contributed by atoms with van der Waals surface area (Å²) in [5.41, 5.74) is -0.915. The summed E-state index contributed by atoms with van der Waals surface area (Å²) in [7, 11) is -3.76. The maximum atomic E-state index is 12.6. The Morgan fingerprint density at radius 2 is 2.00 bits per heavy atom. The number of nitro benzene ring substituents is 1. The van der Waals surface area contributed by atoms with E-state index in [0.29, 0.717) is 0 Å². The van der Waals surface area contributed by atoms with E-state index < -0.39 is 39.3 Å². The van der Waals surface area contributed by atoms with Gasteiger partial charge in [0.15, 0.2) is 0 Å². The second-order valence-electron chi connectivity index (χ2n) is 3.85. The van der Waals surface area contributed by atoms with Crippen LogP contribution >= 0.6 is 0 Å². The predicted molar refractivity (Wildman–Crippen MR) is 62.4 cm³/mol. The maximum Gasteiger partial charge on any atom is 0.273 e. The first-order chi connectivity index (χ1) is 8.61. The Labute approximate surface area is 108 Å². The molecule has 1 aromatic carbocycles. The Bertz CT molecular complexity index is 600. The molecule has 0 aliphatic carbocycles. The van der Waals surface area contributed by atoms with Crippen LogP contribution in [0.5, 0.6) is 0 Å². The van der Waals surface area contributed by atoms with Crippen molar-refractivity contribution in [1.29, 1.82) is 0 Å². The van der Waals surface area contributed by atoms with E-state index in [1.807, 2.05) is 0 Å². The first-order valence-electron chi connectivity index (χ1n) is 5.02. The molecule has 0 radical (unpaired) electrons. The van der Waals surface area contributed by atoms with Gasteiger partial charge in [-0.3, -0.25) is 14.3 Å². The second-order valence-corrected chi connectivity index (χ2v) is 5.49. The summed E-state index contributed by atoms with van der Waals surface area (Å²) in [6.07, 6.45) is -2.09. The van der Waals surface area contributed by atoms with Crippen LogP contribution in [-0.2, 0) is 20.9 Å². The number of hydrogen-bond donors (Lipinski definition) is 0. The van der Waals surface area contributed by atoms with E-state index in [-0.39, 0.29) is 11.1 Å². The number of nitro groups is 1. The largest absolute Gasteiger partial charge is 0.273 e. The highest BCUT2D eigenvalue weighted by Crippen LogP contribution is 2.29. The molecular formula is C10H11F2NO5S. The molecule has 19 heavy (non-hydrogen) atoms. The summed E-state index contributed by atoms with van der Waals surface area (Å²) in [5.74, 6) is 0. The fraction of sp³-hybridized carbons (Fsp3) is 0.400. The van der Waals surface area contributed by atoms with Crippen LogP contribution in [0.4, 0.5) is 14.5 Å². The standard InChI is InChI=1S/C10H11F2NO5S/c1-6-8(5-18-19(2,16)17)3-7(10(11)12)4-9(6)13(14)15/h3-4,10H,5H2,1-2H3. The van der Waals surface area contributed by atoms with Gasteiger partial charge in [-0.2, -0.15) is 8.42 Å². The highest BCUT2D eigenvalue weighted by atomic mass is 32.2. The summed E-state index contributed by atoms with van der Waals surface area (Å²) in [4.78, 5) is 9.95. The van der Waals surface area contributed by atoms with Gasteiger partial charge in [-0.15, -0.1) is 0 Å². The van der Waals surface area contributed by atoms with E-state index in [1.54, 1.807) is 0 Å². The zero-order valence-corrected chi connectivity index (χ0v) is 10.9. The molecule has 1 rings (SSSR count). The van der Waals surface area contributed by atoms with E-state index in [4.69, 9.17) is 0 Å². The molecule has 1 aromatic rings. The van der Waals surface area contributed by atoms with Crippen molar-refractivity contribution >= 4 is 15.8 Å². The summed E-state index contributed by atoms with van der Waals surface area (Å²) in [6, 6.07) is 1.77. The van der Waals surface area contributed by atoms with Crippen molar-refractivity contribution in [2.45, 2.75) is 20.0 Å². The Balaban J connectivity index is 3.25. The summed E-state index contributed by atoms with van der Waals surface area (Å²) < 4.78 is 51.4. The van der Waals surface area contributed by atoms with Crippen LogP contribution in [-0.4, -0.2) is 19.6 Å². The van der Waals surface area contributed by atoms with Crippen molar-refractivity contribution in [3.05, 3.63) is 38.9 Å². The first-order valence-corrected chi connectivity index (χ1v) is 6.84. The molecule has 6 nitrogen and oxygen atoms in total. The molecule has 106 valence electrons. The zero-order chi connectivity index (χ0) is 14.8. The molecule has 0 bridgehead atoms. The Morgan fingerprint density at radius 3 is 2.42 bits per heavy atom.